The average molecular weight is 407 g/mol. The van der Waals surface area contributed by atoms with E-state index in [0.717, 1.165) is 37.8 Å². The fraction of sp³-hybridized carbons (Fsp3) is 0.444. The number of aromatic amines is 1. The minimum Gasteiger partial charge on any atom is -0.355 e. The summed E-state index contributed by atoms with van der Waals surface area (Å²) in [5.74, 6) is 1.25. The summed E-state index contributed by atoms with van der Waals surface area (Å²) in [6.45, 7) is 1.85. The quantitative estimate of drug-likeness (QED) is 0.541. The van der Waals surface area contributed by atoms with E-state index in [1.807, 2.05) is 6.07 Å². The van der Waals surface area contributed by atoms with Gasteiger partial charge in [0.15, 0.2) is 0 Å². The van der Waals surface area contributed by atoms with Gasteiger partial charge >= 0.3 is 0 Å². The standard InChI is InChI=1S/C18H23F2N7S/c1-26(28-2)12-4-3-7-27(10-12)17-8-14(23-11-24-17)15-9-22-16(25-15)6-5-13(21)18(19)20/h5-6,8-9,11-12,18,21H,3-4,7,10H2,1-2H3,(H,22,25)/b6-5-,21-13?. The first-order valence-corrected chi connectivity index (χ1v) is 10.1. The van der Waals surface area contributed by atoms with Crippen LogP contribution in [0.1, 0.15) is 18.7 Å². The number of anilines is 1. The highest BCUT2D eigenvalue weighted by Crippen LogP contribution is 2.25. The zero-order chi connectivity index (χ0) is 20.1. The van der Waals surface area contributed by atoms with Crippen molar-refractivity contribution >= 4 is 29.6 Å². The molecule has 150 valence electrons. The van der Waals surface area contributed by atoms with Crippen molar-refractivity contribution in [3.8, 4) is 11.4 Å². The van der Waals surface area contributed by atoms with Crippen molar-refractivity contribution in [2.24, 2.45) is 0 Å². The number of piperidine rings is 1. The maximum Gasteiger partial charge on any atom is 0.279 e. The normalized spacial score (nSPS) is 17.8. The van der Waals surface area contributed by atoms with E-state index < -0.39 is 12.1 Å². The van der Waals surface area contributed by atoms with Crippen LogP contribution in [-0.2, 0) is 0 Å². The molecule has 2 aromatic rings. The molecule has 3 heterocycles. The van der Waals surface area contributed by atoms with Gasteiger partial charge in [0.1, 0.15) is 18.0 Å². The van der Waals surface area contributed by atoms with Crippen LogP contribution in [0.3, 0.4) is 0 Å². The number of nitrogens with zero attached hydrogens (tertiary/aromatic N) is 5. The number of H-pyrrole nitrogens is 1. The Morgan fingerprint density at radius 3 is 3.00 bits per heavy atom. The SMILES string of the molecule is CSN(C)C1CCCN(c2cc(-c3cnc(/C=C\C(=N)C(F)F)[nH]3)ncn2)C1. The molecule has 0 aliphatic carbocycles. The first-order valence-electron chi connectivity index (χ1n) is 8.92. The Bertz CT molecular complexity index is 839. The van der Waals surface area contributed by atoms with E-state index in [1.165, 1.54) is 12.4 Å². The van der Waals surface area contributed by atoms with Gasteiger partial charge in [-0.05, 0) is 38.3 Å². The van der Waals surface area contributed by atoms with Crippen LogP contribution in [0.25, 0.3) is 17.5 Å². The zero-order valence-corrected chi connectivity index (χ0v) is 16.6. The summed E-state index contributed by atoms with van der Waals surface area (Å²) in [6, 6.07) is 2.38. The Balaban J connectivity index is 1.74. The van der Waals surface area contributed by atoms with Gasteiger partial charge in [-0.15, -0.1) is 0 Å². The van der Waals surface area contributed by atoms with E-state index in [4.69, 9.17) is 5.41 Å². The van der Waals surface area contributed by atoms with E-state index in [-0.39, 0.29) is 0 Å². The molecule has 1 unspecified atom stereocenters. The number of allylic oxidation sites excluding steroid dienone is 1. The minimum absolute atomic E-state index is 0.389. The van der Waals surface area contributed by atoms with E-state index in [9.17, 15) is 8.78 Å². The monoisotopic (exact) mass is 407 g/mol. The molecule has 0 aromatic carbocycles. The highest BCUT2D eigenvalue weighted by Gasteiger charge is 2.24. The van der Waals surface area contributed by atoms with Crippen molar-refractivity contribution in [1.29, 1.82) is 5.41 Å². The maximum absolute atomic E-state index is 12.4. The lowest BCUT2D eigenvalue weighted by molar-refractivity contribution is 0.226. The van der Waals surface area contributed by atoms with Crippen molar-refractivity contribution in [2.75, 3.05) is 31.3 Å². The molecule has 1 saturated heterocycles. The number of aromatic nitrogens is 4. The molecule has 10 heteroatoms. The Hall–Kier alpha value is -2.33. The molecule has 3 rings (SSSR count). The van der Waals surface area contributed by atoms with Crippen LogP contribution in [0, 0.1) is 5.41 Å². The van der Waals surface area contributed by atoms with Crippen molar-refractivity contribution < 1.29 is 8.78 Å². The van der Waals surface area contributed by atoms with Gasteiger partial charge in [0.2, 0.25) is 0 Å². The number of rotatable bonds is 7. The van der Waals surface area contributed by atoms with Crippen LogP contribution in [0.4, 0.5) is 14.6 Å². The van der Waals surface area contributed by atoms with Gasteiger partial charge < -0.3 is 9.88 Å². The van der Waals surface area contributed by atoms with Crippen LogP contribution < -0.4 is 4.90 Å². The molecule has 0 amide bonds. The molecule has 1 fully saturated rings. The largest absolute Gasteiger partial charge is 0.355 e. The summed E-state index contributed by atoms with van der Waals surface area (Å²) >= 11 is 1.73. The van der Waals surface area contributed by atoms with Crippen LogP contribution in [0.2, 0.25) is 0 Å². The molecule has 0 spiro atoms. The van der Waals surface area contributed by atoms with Gasteiger partial charge in [0, 0.05) is 25.2 Å². The smallest absolute Gasteiger partial charge is 0.279 e. The number of hydrogen-bond donors (Lipinski definition) is 2. The third-order valence-corrected chi connectivity index (χ3v) is 5.58. The summed E-state index contributed by atoms with van der Waals surface area (Å²) in [6.07, 6.45) is 7.05. The topological polar surface area (TPSA) is 84.8 Å². The molecular formula is C18H23F2N7S. The predicted octanol–water partition coefficient (Wildman–Crippen LogP) is 3.34. The highest BCUT2D eigenvalue weighted by atomic mass is 32.2. The van der Waals surface area contributed by atoms with Gasteiger partial charge in [0.05, 0.1) is 23.3 Å². The number of hydrogen-bond acceptors (Lipinski definition) is 7. The molecule has 0 radical (unpaired) electrons. The van der Waals surface area contributed by atoms with E-state index in [2.05, 4.69) is 42.4 Å². The van der Waals surface area contributed by atoms with Crippen molar-refractivity contribution in [2.45, 2.75) is 25.3 Å². The van der Waals surface area contributed by atoms with Crippen LogP contribution >= 0.6 is 11.9 Å². The summed E-state index contributed by atoms with van der Waals surface area (Å²) < 4.78 is 27.1. The van der Waals surface area contributed by atoms with Crippen molar-refractivity contribution in [3.63, 3.8) is 0 Å². The number of nitrogens with one attached hydrogen (secondary N) is 2. The fourth-order valence-electron chi connectivity index (χ4n) is 3.07. The van der Waals surface area contributed by atoms with Gasteiger partial charge in [0.25, 0.3) is 6.43 Å². The molecule has 0 bridgehead atoms. The number of imidazole rings is 1. The van der Waals surface area contributed by atoms with Crippen molar-refractivity contribution in [3.05, 3.63) is 30.5 Å². The van der Waals surface area contributed by atoms with Crippen molar-refractivity contribution in [1.82, 2.24) is 24.2 Å². The molecule has 2 N–H and O–H groups in total. The second kappa shape index (κ2) is 9.24. The molecule has 0 saturated carbocycles. The molecule has 1 aliphatic heterocycles. The van der Waals surface area contributed by atoms with Crippen LogP contribution in [-0.4, -0.2) is 68.8 Å². The van der Waals surface area contributed by atoms with Crippen LogP contribution in [0.5, 0.6) is 0 Å². The Kier molecular flexibility index (Phi) is 6.74. The van der Waals surface area contributed by atoms with Gasteiger partial charge in [-0.3, -0.25) is 5.41 Å². The van der Waals surface area contributed by atoms with Gasteiger partial charge in [-0.25, -0.2) is 28.0 Å². The molecule has 1 aliphatic rings. The summed E-state index contributed by atoms with van der Waals surface area (Å²) in [4.78, 5) is 18.2. The third-order valence-electron chi connectivity index (χ3n) is 4.70. The second-order valence-electron chi connectivity index (χ2n) is 6.50. The first-order chi connectivity index (χ1) is 13.5. The zero-order valence-electron chi connectivity index (χ0n) is 15.8. The maximum atomic E-state index is 12.4. The molecule has 2 aromatic heterocycles. The predicted molar refractivity (Wildman–Crippen MR) is 109 cm³/mol. The summed E-state index contributed by atoms with van der Waals surface area (Å²) in [7, 11) is 2.11. The number of likely N-dealkylation sites (N-methyl/N-ethyl adjacent to an activating group) is 1. The lowest BCUT2D eigenvalue weighted by atomic mass is 10.1. The molecule has 28 heavy (non-hydrogen) atoms. The number of halogens is 2. The first kappa shape index (κ1) is 20.4. The average Bonchev–Trinajstić information content (AvgIpc) is 3.20. The lowest BCUT2D eigenvalue weighted by Crippen LogP contribution is -2.44. The summed E-state index contributed by atoms with van der Waals surface area (Å²) in [5.41, 5.74) is 0.597. The minimum atomic E-state index is -2.80. The second-order valence-corrected chi connectivity index (χ2v) is 7.44. The van der Waals surface area contributed by atoms with E-state index in [0.29, 0.717) is 23.3 Å². The highest BCUT2D eigenvalue weighted by molar-refractivity contribution is 7.96. The fourth-order valence-corrected chi connectivity index (χ4v) is 3.54. The lowest BCUT2D eigenvalue weighted by Gasteiger charge is -2.37. The Labute approximate surface area is 166 Å². The van der Waals surface area contributed by atoms with Gasteiger partial charge in [-0.1, -0.05) is 11.9 Å². The Morgan fingerprint density at radius 1 is 1.43 bits per heavy atom. The molecule has 1 atom stereocenters. The molecule has 7 nitrogen and oxygen atoms in total. The number of alkyl halides is 2. The van der Waals surface area contributed by atoms with Gasteiger partial charge in [-0.2, -0.15) is 0 Å². The molecular weight excluding hydrogens is 384 g/mol. The van der Waals surface area contributed by atoms with Crippen LogP contribution in [0.15, 0.2) is 24.7 Å². The third kappa shape index (κ3) is 4.93. The Morgan fingerprint density at radius 2 is 2.25 bits per heavy atom. The van der Waals surface area contributed by atoms with E-state index in [1.54, 1.807) is 18.1 Å². The summed E-state index contributed by atoms with van der Waals surface area (Å²) in [5, 5.41) is 7.16. The van der Waals surface area contributed by atoms with E-state index >= 15 is 0 Å².